The number of halogens is 1. The molecule has 186 valence electrons. The van der Waals surface area contributed by atoms with E-state index in [4.69, 9.17) is 0 Å². The number of carboxylic acids is 1. The van der Waals surface area contributed by atoms with Crippen LogP contribution in [0.4, 0.5) is 4.39 Å². The Morgan fingerprint density at radius 2 is 1.82 bits per heavy atom. The summed E-state index contributed by atoms with van der Waals surface area (Å²) < 4.78 is 15.9. The van der Waals surface area contributed by atoms with E-state index in [1.807, 2.05) is 6.92 Å². The van der Waals surface area contributed by atoms with Crippen molar-refractivity contribution in [1.82, 2.24) is 0 Å². The van der Waals surface area contributed by atoms with Crippen LogP contribution >= 0.6 is 0 Å². The quantitative estimate of drug-likeness (QED) is 0.432. The van der Waals surface area contributed by atoms with Crippen LogP contribution in [0.2, 0.25) is 0 Å². The summed E-state index contributed by atoms with van der Waals surface area (Å²) in [6.45, 7) is 8.55. The van der Waals surface area contributed by atoms with E-state index in [1.54, 1.807) is 6.92 Å². The third kappa shape index (κ3) is 4.98. The van der Waals surface area contributed by atoms with Gasteiger partial charge in [0.05, 0.1) is 23.7 Å². The van der Waals surface area contributed by atoms with Gasteiger partial charge in [0.2, 0.25) is 0 Å². The molecule has 33 heavy (non-hydrogen) atoms. The normalized spacial score (nSPS) is 40.3. The van der Waals surface area contributed by atoms with E-state index < -0.39 is 35.4 Å². The van der Waals surface area contributed by atoms with E-state index in [1.165, 1.54) is 31.6 Å². The highest BCUT2D eigenvalue weighted by Crippen LogP contribution is 2.62. The van der Waals surface area contributed by atoms with E-state index in [0.717, 1.165) is 31.3 Å². The van der Waals surface area contributed by atoms with Crippen molar-refractivity contribution in [2.24, 2.45) is 28.6 Å². The molecule has 0 radical (unpaired) electrons. The van der Waals surface area contributed by atoms with Gasteiger partial charge in [-0.3, -0.25) is 4.79 Å². The zero-order chi connectivity index (χ0) is 24.8. The molecule has 0 bridgehead atoms. The molecule has 3 aliphatic carbocycles. The Bertz CT molecular complexity index is 841. The number of fused-ring (bicyclic) bond motifs is 1. The van der Waals surface area contributed by atoms with Crippen LogP contribution in [0.1, 0.15) is 73.1 Å². The van der Waals surface area contributed by atoms with Gasteiger partial charge in [-0.25, -0.2) is 4.39 Å². The third-order valence-corrected chi connectivity index (χ3v) is 8.97. The Morgan fingerprint density at radius 1 is 1.18 bits per heavy atom. The molecule has 0 aromatic carbocycles. The molecule has 3 fully saturated rings. The van der Waals surface area contributed by atoms with Crippen molar-refractivity contribution in [2.75, 3.05) is 0 Å². The minimum Gasteiger partial charge on any atom is -0.481 e. The SMILES string of the molecule is C[C@@H]1C(=CC=C2CC[C@@]3(C)[C@H]2CC[C@@H]3[C@](C)(F)C=C[C@@H](O)C(C)(C)C(=O)O)C[C@@H](O)C[C@H]1O. The zero-order valence-electron chi connectivity index (χ0n) is 20.6. The number of carbonyl (C=O) groups is 1. The first-order chi connectivity index (χ1) is 15.2. The van der Waals surface area contributed by atoms with Crippen LogP contribution in [0.15, 0.2) is 35.5 Å². The van der Waals surface area contributed by atoms with Gasteiger partial charge in [0.25, 0.3) is 0 Å². The second kappa shape index (κ2) is 9.27. The molecule has 6 heteroatoms. The fourth-order valence-electron chi connectivity index (χ4n) is 6.38. The molecule has 0 saturated heterocycles. The van der Waals surface area contributed by atoms with Gasteiger partial charge in [0, 0.05) is 18.3 Å². The van der Waals surface area contributed by atoms with Gasteiger partial charge < -0.3 is 20.4 Å². The van der Waals surface area contributed by atoms with Crippen LogP contribution in [-0.2, 0) is 4.79 Å². The van der Waals surface area contributed by atoms with Gasteiger partial charge >= 0.3 is 5.97 Å². The summed E-state index contributed by atoms with van der Waals surface area (Å²) in [5, 5.41) is 39.8. The lowest BCUT2D eigenvalue weighted by Gasteiger charge is -2.38. The zero-order valence-corrected chi connectivity index (χ0v) is 20.6. The molecule has 3 aliphatic rings. The van der Waals surface area contributed by atoms with Gasteiger partial charge in [0.15, 0.2) is 0 Å². The van der Waals surface area contributed by atoms with Gasteiger partial charge in [-0.05, 0) is 70.3 Å². The number of allylic oxidation sites excluding steroid dienone is 4. The predicted octanol–water partition coefficient (Wildman–Crippen LogP) is 4.57. The standard InChI is InChI=1S/C27H41FO5/c1-16-18(14-19(29)15-21(16)30)7-6-17-10-12-26(4)20(17)8-9-22(26)27(5,28)13-11-23(31)25(2,3)24(32)33/h6-7,11,13,16,19-23,29-31H,8-10,12,14-15H2,1-5H3,(H,32,33)/t16-,19-,20+,21-,22+,23-,26+,27-/m1/s1. The van der Waals surface area contributed by atoms with Crippen LogP contribution < -0.4 is 0 Å². The predicted molar refractivity (Wildman–Crippen MR) is 126 cm³/mol. The maximum absolute atomic E-state index is 15.9. The average Bonchev–Trinajstić information content (AvgIpc) is 3.22. The lowest BCUT2D eigenvalue weighted by atomic mass is 9.68. The second-order valence-corrected chi connectivity index (χ2v) is 11.6. The van der Waals surface area contributed by atoms with Crippen molar-refractivity contribution in [2.45, 2.75) is 97.1 Å². The van der Waals surface area contributed by atoms with Crippen LogP contribution in [0.25, 0.3) is 0 Å². The van der Waals surface area contributed by atoms with E-state index in [2.05, 4.69) is 19.1 Å². The molecular weight excluding hydrogens is 423 g/mol. The van der Waals surface area contributed by atoms with Crippen LogP contribution in [-0.4, -0.2) is 50.4 Å². The molecule has 0 spiro atoms. The Morgan fingerprint density at radius 3 is 2.45 bits per heavy atom. The van der Waals surface area contributed by atoms with E-state index >= 15 is 4.39 Å². The van der Waals surface area contributed by atoms with E-state index in [9.17, 15) is 25.2 Å². The molecule has 4 N–H and O–H groups in total. The summed E-state index contributed by atoms with van der Waals surface area (Å²) in [6.07, 6.45) is 8.98. The summed E-state index contributed by atoms with van der Waals surface area (Å²) in [6, 6.07) is 0. The Balaban J connectivity index is 1.77. The van der Waals surface area contributed by atoms with Gasteiger partial charge in [-0.15, -0.1) is 0 Å². The molecule has 8 atom stereocenters. The minimum absolute atomic E-state index is 0.0233. The number of alkyl halides is 1. The second-order valence-electron chi connectivity index (χ2n) is 11.6. The number of aliphatic hydroxyl groups is 3. The summed E-state index contributed by atoms with van der Waals surface area (Å²) in [5.41, 5.74) is -0.879. The topological polar surface area (TPSA) is 98.0 Å². The monoisotopic (exact) mass is 464 g/mol. The fourth-order valence-corrected chi connectivity index (χ4v) is 6.38. The first kappa shape index (κ1) is 26.1. The van der Waals surface area contributed by atoms with Crippen molar-refractivity contribution in [3.8, 4) is 0 Å². The number of rotatable bonds is 6. The molecule has 0 aromatic heterocycles. The van der Waals surface area contributed by atoms with Crippen molar-refractivity contribution >= 4 is 5.97 Å². The maximum Gasteiger partial charge on any atom is 0.312 e. The molecule has 0 unspecified atom stereocenters. The summed E-state index contributed by atoms with van der Waals surface area (Å²) in [7, 11) is 0. The Hall–Kier alpha value is -1.50. The van der Waals surface area contributed by atoms with Crippen LogP contribution in [0.3, 0.4) is 0 Å². The minimum atomic E-state index is -1.65. The molecule has 0 amide bonds. The Labute approximate surface area is 197 Å². The highest BCUT2D eigenvalue weighted by Gasteiger charge is 2.56. The van der Waals surface area contributed by atoms with Crippen molar-refractivity contribution in [3.05, 3.63) is 35.5 Å². The van der Waals surface area contributed by atoms with Gasteiger partial charge in [-0.2, -0.15) is 0 Å². The molecule has 0 aromatic rings. The number of hydrogen-bond acceptors (Lipinski definition) is 4. The number of hydrogen-bond donors (Lipinski definition) is 4. The molecular formula is C27H41FO5. The first-order valence-corrected chi connectivity index (χ1v) is 12.3. The van der Waals surface area contributed by atoms with Gasteiger partial charge in [0.1, 0.15) is 5.67 Å². The average molecular weight is 465 g/mol. The maximum atomic E-state index is 15.9. The number of carboxylic acid groups (broad SMARTS) is 1. The lowest BCUT2D eigenvalue weighted by Crippen LogP contribution is -2.39. The lowest BCUT2D eigenvalue weighted by molar-refractivity contribution is -0.151. The molecule has 3 rings (SSSR count). The highest BCUT2D eigenvalue weighted by atomic mass is 19.1. The van der Waals surface area contributed by atoms with Gasteiger partial charge in [-0.1, -0.05) is 43.2 Å². The molecule has 0 heterocycles. The van der Waals surface area contributed by atoms with E-state index in [-0.39, 0.29) is 23.2 Å². The first-order valence-electron chi connectivity index (χ1n) is 12.3. The fraction of sp³-hybridized carbons (Fsp3) is 0.741. The summed E-state index contributed by atoms with van der Waals surface area (Å²) in [5.74, 6) is -1.05. The highest BCUT2D eigenvalue weighted by molar-refractivity contribution is 5.74. The van der Waals surface area contributed by atoms with Crippen molar-refractivity contribution < 1.29 is 29.6 Å². The summed E-state index contributed by atoms with van der Waals surface area (Å²) in [4.78, 5) is 11.4. The van der Waals surface area contributed by atoms with Crippen molar-refractivity contribution in [1.29, 1.82) is 0 Å². The number of aliphatic carboxylic acids is 1. The van der Waals surface area contributed by atoms with Crippen molar-refractivity contribution in [3.63, 3.8) is 0 Å². The smallest absolute Gasteiger partial charge is 0.312 e. The summed E-state index contributed by atoms with van der Waals surface area (Å²) >= 11 is 0. The number of aliphatic hydroxyl groups excluding tert-OH is 3. The van der Waals surface area contributed by atoms with Crippen LogP contribution in [0.5, 0.6) is 0 Å². The molecule has 0 aliphatic heterocycles. The molecule has 5 nitrogen and oxygen atoms in total. The van der Waals surface area contributed by atoms with Crippen LogP contribution in [0, 0.1) is 28.6 Å². The largest absolute Gasteiger partial charge is 0.481 e. The molecule has 3 saturated carbocycles. The Kier molecular flexibility index (Phi) is 7.34. The van der Waals surface area contributed by atoms with E-state index in [0.29, 0.717) is 12.8 Å². The third-order valence-electron chi connectivity index (χ3n) is 8.97.